The lowest BCUT2D eigenvalue weighted by Gasteiger charge is -2.15. The summed E-state index contributed by atoms with van der Waals surface area (Å²) in [7, 11) is 1.63. The van der Waals surface area contributed by atoms with E-state index < -0.39 is 0 Å². The first kappa shape index (κ1) is 21.4. The van der Waals surface area contributed by atoms with Crippen LogP contribution in [-0.4, -0.2) is 26.2 Å². The molecular weight excluding hydrogens is 378 g/mol. The molecule has 0 heterocycles. The highest BCUT2D eigenvalue weighted by Crippen LogP contribution is 2.32. The molecule has 5 nitrogen and oxygen atoms in total. The van der Waals surface area contributed by atoms with E-state index in [0.717, 1.165) is 16.7 Å². The summed E-state index contributed by atoms with van der Waals surface area (Å²) in [6, 6.07) is 25.6. The van der Waals surface area contributed by atoms with Gasteiger partial charge in [0.05, 0.1) is 13.7 Å². The van der Waals surface area contributed by atoms with E-state index in [-0.39, 0.29) is 12.5 Å². The standard InChI is InChI=1S/C25H27NO4/c1-28-23-14-8-13-22(25(23)30-18-21-11-6-3-7-12-21)15-16-26-24(27)19-29-17-20-9-4-2-5-10-20/h2-14H,15-19H2,1H3,(H,26,27). The van der Waals surface area contributed by atoms with Crippen molar-refractivity contribution in [3.05, 3.63) is 95.6 Å². The quantitative estimate of drug-likeness (QED) is 0.521. The highest BCUT2D eigenvalue weighted by Gasteiger charge is 2.11. The van der Waals surface area contributed by atoms with Crippen molar-refractivity contribution in [1.82, 2.24) is 5.32 Å². The molecule has 0 aliphatic rings. The molecule has 0 fully saturated rings. The minimum absolute atomic E-state index is 0.0321. The molecule has 1 N–H and O–H groups in total. The van der Waals surface area contributed by atoms with Crippen LogP contribution in [0.3, 0.4) is 0 Å². The molecule has 0 unspecified atom stereocenters. The summed E-state index contributed by atoms with van der Waals surface area (Å²) in [5.74, 6) is 1.25. The van der Waals surface area contributed by atoms with Gasteiger partial charge in [0.2, 0.25) is 5.91 Å². The van der Waals surface area contributed by atoms with Gasteiger partial charge in [-0.05, 0) is 29.2 Å². The monoisotopic (exact) mass is 405 g/mol. The van der Waals surface area contributed by atoms with Crippen molar-refractivity contribution in [3.63, 3.8) is 0 Å². The van der Waals surface area contributed by atoms with E-state index in [1.165, 1.54) is 0 Å². The average molecular weight is 405 g/mol. The molecule has 3 aromatic rings. The molecule has 0 aliphatic heterocycles. The van der Waals surface area contributed by atoms with Crippen LogP contribution < -0.4 is 14.8 Å². The lowest BCUT2D eigenvalue weighted by atomic mass is 10.1. The summed E-state index contributed by atoms with van der Waals surface area (Å²) in [4.78, 5) is 12.1. The zero-order valence-electron chi connectivity index (χ0n) is 17.2. The molecule has 3 rings (SSSR count). The highest BCUT2D eigenvalue weighted by molar-refractivity contribution is 5.77. The van der Waals surface area contributed by atoms with Crippen molar-refractivity contribution in [2.75, 3.05) is 20.3 Å². The Bertz CT molecular complexity index is 913. The summed E-state index contributed by atoms with van der Waals surface area (Å²) in [5, 5.41) is 2.90. The van der Waals surface area contributed by atoms with Gasteiger partial charge in [0.25, 0.3) is 0 Å². The van der Waals surface area contributed by atoms with Crippen LogP contribution in [-0.2, 0) is 29.2 Å². The number of benzene rings is 3. The van der Waals surface area contributed by atoms with E-state index >= 15 is 0 Å². The van der Waals surface area contributed by atoms with Crippen LogP contribution in [0.2, 0.25) is 0 Å². The Balaban J connectivity index is 1.48. The number of hydrogen-bond donors (Lipinski definition) is 1. The van der Waals surface area contributed by atoms with Gasteiger partial charge < -0.3 is 19.5 Å². The normalized spacial score (nSPS) is 10.4. The van der Waals surface area contributed by atoms with Crippen LogP contribution in [0.1, 0.15) is 16.7 Å². The van der Waals surface area contributed by atoms with Crippen LogP contribution in [0.25, 0.3) is 0 Å². The summed E-state index contributed by atoms with van der Waals surface area (Å²) in [6.45, 7) is 1.39. The molecule has 5 heteroatoms. The van der Waals surface area contributed by atoms with Crippen molar-refractivity contribution in [3.8, 4) is 11.5 Å². The molecule has 0 radical (unpaired) electrons. The Kier molecular flexibility index (Phi) is 8.30. The van der Waals surface area contributed by atoms with E-state index in [9.17, 15) is 4.79 Å². The van der Waals surface area contributed by atoms with Crippen LogP contribution in [0.15, 0.2) is 78.9 Å². The van der Waals surface area contributed by atoms with E-state index in [2.05, 4.69) is 5.32 Å². The predicted molar refractivity (Wildman–Crippen MR) is 117 cm³/mol. The molecule has 0 saturated carbocycles. The van der Waals surface area contributed by atoms with Gasteiger partial charge in [0.1, 0.15) is 13.2 Å². The molecule has 0 aromatic heterocycles. The first-order valence-corrected chi connectivity index (χ1v) is 9.97. The third kappa shape index (κ3) is 6.64. The summed E-state index contributed by atoms with van der Waals surface area (Å²) >= 11 is 0. The van der Waals surface area contributed by atoms with Gasteiger partial charge in [-0.3, -0.25) is 4.79 Å². The average Bonchev–Trinajstić information content (AvgIpc) is 2.79. The number of hydrogen-bond acceptors (Lipinski definition) is 4. The van der Waals surface area contributed by atoms with Crippen molar-refractivity contribution < 1.29 is 19.0 Å². The number of amides is 1. The van der Waals surface area contributed by atoms with E-state index in [1.54, 1.807) is 7.11 Å². The third-order valence-electron chi connectivity index (χ3n) is 4.57. The number of ether oxygens (including phenoxy) is 3. The topological polar surface area (TPSA) is 56.8 Å². The van der Waals surface area contributed by atoms with E-state index in [4.69, 9.17) is 14.2 Å². The van der Waals surface area contributed by atoms with Crippen LogP contribution in [0.5, 0.6) is 11.5 Å². The Labute approximate surface area is 177 Å². The molecular formula is C25H27NO4. The third-order valence-corrected chi connectivity index (χ3v) is 4.57. The number of rotatable bonds is 11. The number of nitrogens with one attached hydrogen (secondary N) is 1. The Hall–Kier alpha value is -3.31. The zero-order valence-corrected chi connectivity index (χ0v) is 17.2. The number of carbonyl (C=O) groups excluding carboxylic acids is 1. The van der Waals surface area contributed by atoms with Gasteiger partial charge in [-0.25, -0.2) is 0 Å². The summed E-state index contributed by atoms with van der Waals surface area (Å²) in [6.07, 6.45) is 0.631. The number of methoxy groups -OCH3 is 1. The second-order valence-electron chi connectivity index (χ2n) is 6.80. The highest BCUT2D eigenvalue weighted by atomic mass is 16.5. The molecule has 0 spiro atoms. The fourth-order valence-electron chi connectivity index (χ4n) is 3.04. The molecule has 0 atom stereocenters. The largest absolute Gasteiger partial charge is 0.493 e. The molecule has 1 amide bonds. The number of carbonyl (C=O) groups is 1. The molecule has 3 aromatic carbocycles. The van der Waals surface area contributed by atoms with Crippen molar-refractivity contribution in [1.29, 1.82) is 0 Å². The van der Waals surface area contributed by atoms with Crippen LogP contribution in [0.4, 0.5) is 0 Å². The first-order valence-electron chi connectivity index (χ1n) is 9.97. The van der Waals surface area contributed by atoms with Crippen molar-refractivity contribution >= 4 is 5.91 Å². The minimum atomic E-state index is -0.138. The maximum absolute atomic E-state index is 12.1. The second kappa shape index (κ2) is 11.6. The van der Waals surface area contributed by atoms with E-state index in [0.29, 0.717) is 37.7 Å². The van der Waals surface area contributed by atoms with Gasteiger partial charge in [0.15, 0.2) is 11.5 Å². The van der Waals surface area contributed by atoms with Crippen molar-refractivity contribution in [2.45, 2.75) is 19.6 Å². The molecule has 30 heavy (non-hydrogen) atoms. The van der Waals surface area contributed by atoms with Gasteiger partial charge in [-0.15, -0.1) is 0 Å². The van der Waals surface area contributed by atoms with Gasteiger partial charge >= 0.3 is 0 Å². The predicted octanol–water partition coefficient (Wildman–Crippen LogP) is 4.15. The second-order valence-corrected chi connectivity index (χ2v) is 6.80. The molecule has 0 saturated heterocycles. The van der Waals surface area contributed by atoms with E-state index in [1.807, 2.05) is 78.9 Å². The lowest BCUT2D eigenvalue weighted by Crippen LogP contribution is -2.29. The smallest absolute Gasteiger partial charge is 0.246 e. The minimum Gasteiger partial charge on any atom is -0.493 e. The molecule has 0 aliphatic carbocycles. The zero-order chi connectivity index (χ0) is 21.0. The number of para-hydroxylation sites is 1. The fourth-order valence-corrected chi connectivity index (χ4v) is 3.04. The maximum Gasteiger partial charge on any atom is 0.246 e. The van der Waals surface area contributed by atoms with Gasteiger partial charge in [0, 0.05) is 6.54 Å². The Morgan fingerprint density at radius 1 is 0.833 bits per heavy atom. The molecule has 0 bridgehead atoms. The summed E-state index contributed by atoms with van der Waals surface area (Å²) < 4.78 is 17.0. The summed E-state index contributed by atoms with van der Waals surface area (Å²) in [5.41, 5.74) is 3.11. The first-order chi connectivity index (χ1) is 14.8. The van der Waals surface area contributed by atoms with Crippen molar-refractivity contribution in [2.24, 2.45) is 0 Å². The van der Waals surface area contributed by atoms with Crippen LogP contribution in [0, 0.1) is 0 Å². The SMILES string of the molecule is COc1cccc(CCNC(=O)COCc2ccccc2)c1OCc1ccccc1. The van der Waals surface area contributed by atoms with Gasteiger partial charge in [-0.1, -0.05) is 72.8 Å². The fraction of sp³-hybridized carbons (Fsp3) is 0.240. The molecule has 156 valence electrons. The van der Waals surface area contributed by atoms with Crippen LogP contribution >= 0.6 is 0 Å². The Morgan fingerprint density at radius 2 is 1.50 bits per heavy atom. The van der Waals surface area contributed by atoms with Gasteiger partial charge in [-0.2, -0.15) is 0 Å². The Morgan fingerprint density at radius 3 is 2.17 bits per heavy atom. The maximum atomic E-state index is 12.1. The lowest BCUT2D eigenvalue weighted by molar-refractivity contribution is -0.126.